The van der Waals surface area contributed by atoms with E-state index in [2.05, 4.69) is 34.9 Å². The summed E-state index contributed by atoms with van der Waals surface area (Å²) in [5.41, 5.74) is 4.49. The van der Waals surface area contributed by atoms with E-state index in [-0.39, 0.29) is 17.9 Å². The Morgan fingerprint density at radius 3 is 2.57 bits per heavy atom. The van der Waals surface area contributed by atoms with Crippen LogP contribution in [0.3, 0.4) is 0 Å². The summed E-state index contributed by atoms with van der Waals surface area (Å²) in [6.45, 7) is 2.55. The number of anilines is 2. The molecule has 3 unspecified atom stereocenters. The number of fused-ring (bicyclic) bond motifs is 3. The number of ether oxygens (including phenoxy) is 3. The molecule has 2 N–H and O–H groups in total. The number of amides is 1. The summed E-state index contributed by atoms with van der Waals surface area (Å²) in [6.07, 6.45) is 5.48. The molecule has 0 aromatic heterocycles. The highest BCUT2D eigenvalue weighted by Gasteiger charge is 2.39. The van der Waals surface area contributed by atoms with Crippen LogP contribution in [0.1, 0.15) is 46.8 Å². The lowest BCUT2D eigenvalue weighted by atomic mass is 9.76. The highest BCUT2D eigenvalue weighted by atomic mass is 16.5. The van der Waals surface area contributed by atoms with Crippen LogP contribution < -0.4 is 24.8 Å². The second kappa shape index (κ2) is 9.74. The van der Waals surface area contributed by atoms with Crippen LogP contribution in [0.4, 0.5) is 11.4 Å². The molecule has 0 radical (unpaired) electrons. The largest absolute Gasteiger partial charge is 0.494 e. The van der Waals surface area contributed by atoms with Gasteiger partial charge in [-0.15, -0.1) is 0 Å². The highest BCUT2D eigenvalue weighted by molar-refractivity contribution is 6.08. The molecule has 0 spiro atoms. The van der Waals surface area contributed by atoms with Gasteiger partial charge in [-0.25, -0.2) is 0 Å². The van der Waals surface area contributed by atoms with Gasteiger partial charge in [0.15, 0.2) is 11.5 Å². The molecule has 2 aliphatic rings. The zero-order valence-electron chi connectivity index (χ0n) is 20.2. The molecule has 6 heteroatoms. The second-order valence-corrected chi connectivity index (χ2v) is 8.77. The molecule has 0 saturated carbocycles. The van der Waals surface area contributed by atoms with Gasteiger partial charge in [0.1, 0.15) is 5.75 Å². The molecule has 0 bridgehead atoms. The van der Waals surface area contributed by atoms with Crippen LogP contribution in [0.2, 0.25) is 0 Å². The number of benzene rings is 3. The Balaban J connectivity index is 1.47. The predicted molar refractivity (Wildman–Crippen MR) is 138 cm³/mol. The number of hydrogen-bond acceptors (Lipinski definition) is 5. The van der Waals surface area contributed by atoms with Crippen molar-refractivity contribution in [2.75, 3.05) is 31.5 Å². The molecule has 5 rings (SSSR count). The van der Waals surface area contributed by atoms with Crippen molar-refractivity contribution < 1.29 is 19.0 Å². The smallest absolute Gasteiger partial charge is 0.257 e. The minimum atomic E-state index is -0.148. The number of carbonyl (C=O) groups excluding carboxylic acids is 1. The van der Waals surface area contributed by atoms with Gasteiger partial charge < -0.3 is 24.8 Å². The average molecular weight is 471 g/mol. The van der Waals surface area contributed by atoms with Crippen molar-refractivity contribution in [1.29, 1.82) is 0 Å². The van der Waals surface area contributed by atoms with Gasteiger partial charge in [-0.3, -0.25) is 4.79 Å². The molecule has 6 nitrogen and oxygen atoms in total. The van der Waals surface area contributed by atoms with Crippen molar-refractivity contribution in [2.24, 2.45) is 5.92 Å². The van der Waals surface area contributed by atoms with E-state index in [4.69, 9.17) is 14.2 Å². The summed E-state index contributed by atoms with van der Waals surface area (Å²) >= 11 is 0. The maximum absolute atomic E-state index is 13.4. The molecular weight excluding hydrogens is 440 g/mol. The van der Waals surface area contributed by atoms with Gasteiger partial charge >= 0.3 is 0 Å². The summed E-state index contributed by atoms with van der Waals surface area (Å²) < 4.78 is 16.5. The van der Waals surface area contributed by atoms with E-state index in [1.54, 1.807) is 14.2 Å². The van der Waals surface area contributed by atoms with Crippen LogP contribution in [0.15, 0.2) is 72.8 Å². The SMILES string of the molecule is CCOc1ccc(NC(=O)c2cccc3c2NC(c2ccc(OC)c(OC)c2)C2CC=CC32)cc1. The average Bonchev–Trinajstić information content (AvgIpc) is 3.39. The van der Waals surface area contributed by atoms with E-state index < -0.39 is 0 Å². The summed E-state index contributed by atoms with van der Waals surface area (Å²) in [4.78, 5) is 13.4. The Hall–Kier alpha value is -3.93. The summed E-state index contributed by atoms with van der Waals surface area (Å²) in [5.74, 6) is 2.62. The van der Waals surface area contributed by atoms with Crippen molar-refractivity contribution in [1.82, 2.24) is 0 Å². The molecule has 0 fully saturated rings. The molecule has 3 aromatic carbocycles. The second-order valence-electron chi connectivity index (χ2n) is 8.77. The maximum Gasteiger partial charge on any atom is 0.257 e. The van der Waals surface area contributed by atoms with Crippen molar-refractivity contribution in [3.05, 3.63) is 89.5 Å². The molecule has 180 valence electrons. The summed E-state index contributed by atoms with van der Waals surface area (Å²) in [6, 6.07) is 19.5. The Kier molecular flexibility index (Phi) is 6.36. The number of hydrogen-bond donors (Lipinski definition) is 2. The topological polar surface area (TPSA) is 68.8 Å². The van der Waals surface area contributed by atoms with Gasteiger partial charge in [-0.1, -0.05) is 30.4 Å². The first-order chi connectivity index (χ1) is 17.1. The van der Waals surface area contributed by atoms with Crippen LogP contribution >= 0.6 is 0 Å². The van der Waals surface area contributed by atoms with Gasteiger partial charge in [0.2, 0.25) is 0 Å². The Bertz CT molecular complexity index is 1250. The Morgan fingerprint density at radius 2 is 1.83 bits per heavy atom. The minimum Gasteiger partial charge on any atom is -0.494 e. The van der Waals surface area contributed by atoms with Gasteiger partial charge in [0.25, 0.3) is 5.91 Å². The normalized spacial score (nSPS) is 19.8. The third-order valence-corrected chi connectivity index (χ3v) is 6.83. The first-order valence-corrected chi connectivity index (χ1v) is 11.9. The quantitative estimate of drug-likeness (QED) is 0.404. The summed E-state index contributed by atoms with van der Waals surface area (Å²) in [5, 5.41) is 6.75. The lowest BCUT2D eigenvalue weighted by Crippen LogP contribution is -2.31. The minimum absolute atomic E-state index is 0.0294. The van der Waals surface area contributed by atoms with E-state index >= 15 is 0 Å². The molecule has 1 amide bonds. The van der Waals surface area contributed by atoms with Crippen LogP contribution in [-0.2, 0) is 0 Å². The molecule has 35 heavy (non-hydrogen) atoms. The number of carbonyl (C=O) groups is 1. The van der Waals surface area contributed by atoms with Crippen LogP contribution in [0.25, 0.3) is 0 Å². The zero-order chi connectivity index (χ0) is 24.4. The van der Waals surface area contributed by atoms with E-state index in [1.165, 1.54) is 0 Å². The monoisotopic (exact) mass is 470 g/mol. The lowest BCUT2D eigenvalue weighted by molar-refractivity contribution is 0.102. The van der Waals surface area contributed by atoms with Gasteiger partial charge in [0.05, 0.1) is 38.1 Å². The third-order valence-electron chi connectivity index (χ3n) is 6.83. The molecule has 3 atom stereocenters. The molecule has 3 aromatic rings. The number of methoxy groups -OCH3 is 2. The molecular formula is C29H30N2O4. The fourth-order valence-electron chi connectivity index (χ4n) is 5.19. The fourth-order valence-corrected chi connectivity index (χ4v) is 5.19. The molecule has 1 aliphatic heterocycles. The van der Waals surface area contributed by atoms with Crippen LogP contribution in [0, 0.1) is 5.92 Å². The predicted octanol–water partition coefficient (Wildman–Crippen LogP) is 6.18. The first kappa shape index (κ1) is 22.8. The number of rotatable bonds is 7. The van der Waals surface area contributed by atoms with Crippen molar-refractivity contribution in [2.45, 2.75) is 25.3 Å². The summed E-state index contributed by atoms with van der Waals surface area (Å²) in [7, 11) is 3.29. The zero-order valence-corrected chi connectivity index (χ0v) is 20.2. The molecule has 1 aliphatic carbocycles. The standard InChI is InChI=1S/C29H30N2O4/c1-4-35-20-14-12-19(13-15-20)30-29(32)24-10-6-9-23-21-7-5-8-22(21)27(31-28(23)24)18-11-16-25(33-2)26(17-18)34-3/h5-7,9-17,21-22,27,31H,4,8H2,1-3H3,(H,30,32). The number of allylic oxidation sites excluding steroid dienone is 2. The highest BCUT2D eigenvalue weighted by Crippen LogP contribution is 2.51. The number of para-hydroxylation sites is 1. The van der Waals surface area contributed by atoms with Crippen LogP contribution in [0.5, 0.6) is 17.2 Å². The molecule has 0 saturated heterocycles. The third kappa shape index (κ3) is 4.32. The van der Waals surface area contributed by atoms with E-state index in [9.17, 15) is 4.79 Å². The van der Waals surface area contributed by atoms with Gasteiger partial charge in [0, 0.05) is 11.6 Å². The van der Waals surface area contributed by atoms with Crippen molar-refractivity contribution in [3.8, 4) is 17.2 Å². The number of nitrogens with one attached hydrogen (secondary N) is 2. The Labute approximate surface area is 205 Å². The maximum atomic E-state index is 13.4. The van der Waals surface area contributed by atoms with Gasteiger partial charge in [-0.05, 0) is 72.9 Å². The Morgan fingerprint density at radius 1 is 1.03 bits per heavy atom. The molecule has 1 heterocycles. The van der Waals surface area contributed by atoms with Gasteiger partial charge in [-0.2, -0.15) is 0 Å². The van der Waals surface area contributed by atoms with Crippen LogP contribution in [-0.4, -0.2) is 26.7 Å². The van der Waals surface area contributed by atoms with E-state index in [0.29, 0.717) is 29.6 Å². The first-order valence-electron chi connectivity index (χ1n) is 11.9. The van der Waals surface area contributed by atoms with E-state index in [0.717, 1.165) is 34.7 Å². The van der Waals surface area contributed by atoms with Crippen molar-refractivity contribution >= 4 is 17.3 Å². The van der Waals surface area contributed by atoms with Crippen molar-refractivity contribution in [3.63, 3.8) is 0 Å². The van der Waals surface area contributed by atoms with E-state index in [1.807, 2.05) is 55.5 Å². The fraction of sp³-hybridized carbons (Fsp3) is 0.276. The lowest BCUT2D eigenvalue weighted by Gasteiger charge is -2.38.